The van der Waals surface area contributed by atoms with Crippen molar-refractivity contribution < 1.29 is 0 Å². The largest absolute Gasteiger partial charge is 0.141 e. The summed E-state index contributed by atoms with van der Waals surface area (Å²) in [5, 5.41) is 0. The van der Waals surface area contributed by atoms with Gasteiger partial charge in [0.2, 0.25) is 0 Å². The highest BCUT2D eigenvalue weighted by Gasteiger charge is 2.00. The van der Waals surface area contributed by atoms with Crippen LogP contribution < -0.4 is 9.24 Å². The Hall–Kier alpha value is -0.170. The molecule has 0 saturated heterocycles. The molecule has 2 aromatic rings. The van der Waals surface area contributed by atoms with Gasteiger partial charge in [0.05, 0.1) is 0 Å². The third kappa shape index (κ3) is 2.40. The van der Waals surface area contributed by atoms with Crippen molar-refractivity contribution in [3.8, 4) is 0 Å². The molecule has 0 radical (unpaired) electrons. The van der Waals surface area contributed by atoms with E-state index in [9.17, 15) is 0 Å². The molecule has 68 valence electrons. The normalized spacial score (nSPS) is 10.6. The third-order valence-electron chi connectivity index (χ3n) is 1.73. The smallest absolute Gasteiger partial charge is 0.0303 e. The number of aryl methyl sites for hydroxylation is 2. The van der Waals surface area contributed by atoms with Gasteiger partial charge in [-0.25, -0.2) is 0 Å². The van der Waals surface area contributed by atoms with Gasteiger partial charge in [0, 0.05) is 19.0 Å². The molecule has 0 aliphatic heterocycles. The van der Waals surface area contributed by atoms with Crippen LogP contribution in [0, 0.1) is 13.8 Å². The van der Waals surface area contributed by atoms with Crippen molar-refractivity contribution in [3.05, 3.63) is 34.0 Å². The highest BCUT2D eigenvalue weighted by Crippen LogP contribution is 2.21. The summed E-state index contributed by atoms with van der Waals surface area (Å²) in [6.45, 7) is 4.33. The quantitative estimate of drug-likeness (QED) is 0.690. The van der Waals surface area contributed by atoms with Crippen molar-refractivity contribution in [2.24, 2.45) is 0 Å². The third-order valence-corrected chi connectivity index (χ3v) is 5.41. The summed E-state index contributed by atoms with van der Waals surface area (Å²) in [6.07, 6.45) is 0. The second kappa shape index (κ2) is 3.91. The van der Waals surface area contributed by atoms with Crippen molar-refractivity contribution in [2.75, 3.05) is 0 Å². The summed E-state index contributed by atoms with van der Waals surface area (Å²) in [6, 6.07) is 8.89. The number of hydrogen-bond donors (Lipinski definition) is 0. The lowest BCUT2D eigenvalue weighted by molar-refractivity contribution is 1.64. The standard InChI is InChI=1S/C10H11PS2/c1-7-3-5-9(12-7)11-10-6-4-8(2)13-10/h3-6,11H,1-2H3. The van der Waals surface area contributed by atoms with Gasteiger partial charge in [-0.1, -0.05) is 0 Å². The van der Waals surface area contributed by atoms with E-state index in [0.717, 1.165) is 8.58 Å². The van der Waals surface area contributed by atoms with Crippen LogP contribution in [-0.2, 0) is 0 Å². The van der Waals surface area contributed by atoms with Gasteiger partial charge in [0.15, 0.2) is 0 Å². The Morgan fingerprint density at radius 3 is 1.62 bits per heavy atom. The first-order valence-corrected chi connectivity index (χ1v) is 6.77. The van der Waals surface area contributed by atoms with Gasteiger partial charge in [-0.05, 0) is 46.7 Å². The molecule has 0 N–H and O–H groups in total. The summed E-state index contributed by atoms with van der Waals surface area (Å²) < 4.78 is 3.00. The fourth-order valence-corrected chi connectivity index (χ4v) is 5.17. The zero-order valence-corrected chi connectivity index (χ0v) is 10.3. The zero-order chi connectivity index (χ0) is 9.26. The van der Waals surface area contributed by atoms with Crippen molar-refractivity contribution >= 4 is 40.5 Å². The van der Waals surface area contributed by atoms with Crippen molar-refractivity contribution in [1.82, 2.24) is 0 Å². The van der Waals surface area contributed by atoms with Crippen LogP contribution in [-0.4, -0.2) is 0 Å². The van der Waals surface area contributed by atoms with Gasteiger partial charge in [0.1, 0.15) is 0 Å². The predicted molar refractivity (Wildman–Crippen MR) is 65.7 cm³/mol. The number of rotatable bonds is 2. The lowest BCUT2D eigenvalue weighted by Gasteiger charge is -1.91. The van der Waals surface area contributed by atoms with Gasteiger partial charge >= 0.3 is 0 Å². The van der Waals surface area contributed by atoms with E-state index in [4.69, 9.17) is 0 Å². The maximum Gasteiger partial charge on any atom is 0.0303 e. The molecule has 0 atom stereocenters. The van der Waals surface area contributed by atoms with E-state index in [2.05, 4.69) is 38.1 Å². The predicted octanol–water partition coefficient (Wildman–Crippen LogP) is 3.06. The number of hydrogen-bond acceptors (Lipinski definition) is 2. The second-order valence-electron chi connectivity index (χ2n) is 2.95. The highest BCUT2D eigenvalue weighted by molar-refractivity contribution is 7.68. The molecule has 13 heavy (non-hydrogen) atoms. The van der Waals surface area contributed by atoms with E-state index >= 15 is 0 Å². The monoisotopic (exact) mass is 226 g/mol. The summed E-state index contributed by atoms with van der Waals surface area (Å²) >= 11 is 3.82. The molecule has 0 aromatic carbocycles. The van der Waals surface area contributed by atoms with Crippen LogP contribution in [0.5, 0.6) is 0 Å². The van der Waals surface area contributed by atoms with Gasteiger partial charge in [-0.2, -0.15) is 0 Å². The zero-order valence-electron chi connectivity index (χ0n) is 7.63. The Labute approximate surface area is 88.4 Å². The van der Waals surface area contributed by atoms with Gasteiger partial charge in [-0.3, -0.25) is 0 Å². The molecule has 0 amide bonds. The average Bonchev–Trinajstić information content (AvgIpc) is 2.62. The number of thiophene rings is 2. The topological polar surface area (TPSA) is 0 Å². The van der Waals surface area contributed by atoms with Crippen LogP contribution in [0.2, 0.25) is 0 Å². The van der Waals surface area contributed by atoms with E-state index < -0.39 is 0 Å². The first-order valence-electron chi connectivity index (χ1n) is 4.14. The minimum absolute atomic E-state index is 0.855. The van der Waals surface area contributed by atoms with Gasteiger partial charge in [-0.15, -0.1) is 22.7 Å². The first kappa shape index (κ1) is 9.39. The van der Waals surface area contributed by atoms with E-state index in [1.54, 1.807) is 0 Å². The van der Waals surface area contributed by atoms with Crippen molar-refractivity contribution in [3.63, 3.8) is 0 Å². The summed E-state index contributed by atoms with van der Waals surface area (Å²) in [4.78, 5) is 2.83. The van der Waals surface area contributed by atoms with Crippen molar-refractivity contribution in [2.45, 2.75) is 13.8 Å². The van der Waals surface area contributed by atoms with Crippen molar-refractivity contribution in [1.29, 1.82) is 0 Å². The Bertz CT molecular complexity index is 362. The van der Waals surface area contributed by atoms with Crippen LogP contribution in [0.4, 0.5) is 0 Å². The fraction of sp³-hybridized carbons (Fsp3) is 0.200. The first-order chi connectivity index (χ1) is 6.24. The van der Waals surface area contributed by atoms with E-state index in [-0.39, 0.29) is 0 Å². The maximum absolute atomic E-state index is 2.24. The molecular formula is C10H11PS2. The molecule has 2 rings (SSSR count). The van der Waals surface area contributed by atoms with Gasteiger partial charge < -0.3 is 0 Å². The molecule has 0 bridgehead atoms. The maximum atomic E-state index is 2.24. The Kier molecular flexibility index (Phi) is 2.83. The van der Waals surface area contributed by atoms with Crippen LogP contribution in [0.1, 0.15) is 9.75 Å². The molecule has 0 spiro atoms. The van der Waals surface area contributed by atoms with E-state index in [1.807, 2.05) is 22.7 Å². The van der Waals surface area contributed by atoms with Gasteiger partial charge in [0.25, 0.3) is 0 Å². The molecule has 3 heteroatoms. The molecule has 0 fully saturated rings. The van der Waals surface area contributed by atoms with Crippen LogP contribution in [0.3, 0.4) is 0 Å². The van der Waals surface area contributed by atoms with Crippen LogP contribution in [0.25, 0.3) is 0 Å². The molecule has 0 saturated carbocycles. The second-order valence-corrected chi connectivity index (χ2v) is 7.57. The molecular weight excluding hydrogens is 215 g/mol. The molecule has 2 aromatic heterocycles. The highest BCUT2D eigenvalue weighted by atomic mass is 32.1. The Morgan fingerprint density at radius 1 is 0.846 bits per heavy atom. The molecule has 0 nitrogen and oxygen atoms in total. The summed E-state index contributed by atoms with van der Waals surface area (Å²) in [5.41, 5.74) is 0. The minimum atomic E-state index is 0.855. The summed E-state index contributed by atoms with van der Waals surface area (Å²) in [7, 11) is 0.855. The van der Waals surface area contributed by atoms with E-state index in [1.165, 1.54) is 19.0 Å². The molecule has 0 aliphatic rings. The lowest BCUT2D eigenvalue weighted by Crippen LogP contribution is -1.92. The van der Waals surface area contributed by atoms with Crippen LogP contribution >= 0.6 is 31.3 Å². The molecule has 0 unspecified atom stereocenters. The Morgan fingerprint density at radius 2 is 1.31 bits per heavy atom. The lowest BCUT2D eigenvalue weighted by atomic mass is 10.5. The molecule has 2 heterocycles. The average molecular weight is 226 g/mol. The SMILES string of the molecule is Cc1ccc(Pc2ccc(C)s2)s1. The van der Waals surface area contributed by atoms with Crippen LogP contribution in [0.15, 0.2) is 24.3 Å². The Balaban J connectivity index is 2.14. The summed E-state index contributed by atoms with van der Waals surface area (Å²) in [5.74, 6) is 0. The van der Waals surface area contributed by atoms with E-state index in [0.29, 0.717) is 0 Å². The fourth-order valence-electron chi connectivity index (χ4n) is 1.12. The minimum Gasteiger partial charge on any atom is -0.141 e. The molecule has 0 aliphatic carbocycles.